The Bertz CT molecular complexity index is 797. The molecular weight excluding hydrogens is 294 g/mol. The average molecular weight is 309 g/mol. The number of hydrogen-bond donors (Lipinski definition) is 2. The Labute approximate surface area is 134 Å². The monoisotopic (exact) mass is 309 g/mol. The highest BCUT2D eigenvalue weighted by Gasteiger charge is 2.04. The van der Waals surface area contributed by atoms with Crippen LogP contribution in [0.25, 0.3) is 10.9 Å². The minimum absolute atomic E-state index is 0.517. The van der Waals surface area contributed by atoms with Gasteiger partial charge in [0.2, 0.25) is 0 Å². The van der Waals surface area contributed by atoms with Crippen molar-refractivity contribution in [2.24, 2.45) is 0 Å². The highest BCUT2D eigenvalue weighted by atomic mass is 32.1. The molecule has 0 aliphatic rings. The van der Waals surface area contributed by atoms with Gasteiger partial charge in [0.15, 0.2) is 5.11 Å². The Morgan fingerprint density at radius 1 is 1.00 bits per heavy atom. The first-order valence-electron chi connectivity index (χ1n) is 6.82. The van der Waals surface area contributed by atoms with Gasteiger partial charge in [-0.1, -0.05) is 18.2 Å². The second-order valence-electron chi connectivity index (χ2n) is 4.69. The number of rotatable bonds is 3. The molecule has 0 atom stereocenters. The molecule has 110 valence electrons. The van der Waals surface area contributed by atoms with Crippen molar-refractivity contribution < 1.29 is 4.74 Å². The third kappa shape index (κ3) is 3.15. The molecule has 5 heteroatoms. The molecule has 1 aromatic heterocycles. The summed E-state index contributed by atoms with van der Waals surface area (Å²) in [6.07, 6.45) is 1.77. The molecule has 0 radical (unpaired) electrons. The summed E-state index contributed by atoms with van der Waals surface area (Å²) >= 11 is 5.36. The van der Waals surface area contributed by atoms with Crippen molar-refractivity contribution in [3.05, 3.63) is 60.8 Å². The SMILES string of the molecule is COc1ccc(NC(=S)Nc2cccc3cccnc23)cc1. The van der Waals surface area contributed by atoms with Crippen molar-refractivity contribution in [1.82, 2.24) is 4.98 Å². The van der Waals surface area contributed by atoms with Crippen molar-refractivity contribution in [3.8, 4) is 5.75 Å². The molecule has 22 heavy (non-hydrogen) atoms. The first-order valence-corrected chi connectivity index (χ1v) is 7.23. The summed E-state index contributed by atoms with van der Waals surface area (Å²) in [5, 5.41) is 7.92. The molecule has 0 saturated heterocycles. The lowest BCUT2D eigenvalue weighted by molar-refractivity contribution is 0.415. The summed E-state index contributed by atoms with van der Waals surface area (Å²) in [6, 6.07) is 17.5. The number of hydrogen-bond acceptors (Lipinski definition) is 3. The van der Waals surface area contributed by atoms with Gasteiger partial charge in [-0.05, 0) is 48.6 Å². The summed E-state index contributed by atoms with van der Waals surface area (Å²) in [4.78, 5) is 4.40. The van der Waals surface area contributed by atoms with Gasteiger partial charge >= 0.3 is 0 Å². The topological polar surface area (TPSA) is 46.2 Å². The quantitative estimate of drug-likeness (QED) is 0.715. The Morgan fingerprint density at radius 3 is 2.55 bits per heavy atom. The first kappa shape index (κ1) is 14.3. The van der Waals surface area contributed by atoms with E-state index < -0.39 is 0 Å². The van der Waals surface area contributed by atoms with Crippen molar-refractivity contribution in [3.63, 3.8) is 0 Å². The van der Waals surface area contributed by atoms with Crippen LogP contribution in [0.4, 0.5) is 11.4 Å². The summed E-state index contributed by atoms with van der Waals surface area (Å²) in [6.45, 7) is 0. The largest absolute Gasteiger partial charge is 0.497 e. The summed E-state index contributed by atoms with van der Waals surface area (Å²) < 4.78 is 5.13. The molecule has 0 fully saturated rings. The highest BCUT2D eigenvalue weighted by molar-refractivity contribution is 7.80. The van der Waals surface area contributed by atoms with E-state index in [-0.39, 0.29) is 0 Å². The van der Waals surface area contributed by atoms with Crippen LogP contribution in [0.15, 0.2) is 60.8 Å². The molecular formula is C17H15N3OS. The van der Waals surface area contributed by atoms with E-state index in [1.807, 2.05) is 54.6 Å². The maximum absolute atomic E-state index is 5.36. The van der Waals surface area contributed by atoms with E-state index in [4.69, 9.17) is 17.0 Å². The number of thiocarbonyl (C=S) groups is 1. The average Bonchev–Trinajstić information content (AvgIpc) is 2.56. The van der Waals surface area contributed by atoms with Crippen LogP contribution in [0.1, 0.15) is 0 Å². The molecule has 2 N–H and O–H groups in total. The predicted octanol–water partition coefficient (Wildman–Crippen LogP) is 4.05. The van der Waals surface area contributed by atoms with E-state index in [0.717, 1.165) is 28.0 Å². The number of nitrogens with one attached hydrogen (secondary N) is 2. The zero-order valence-electron chi connectivity index (χ0n) is 12.0. The molecule has 1 heterocycles. The Hall–Kier alpha value is -2.66. The van der Waals surface area contributed by atoms with E-state index in [1.54, 1.807) is 13.3 Å². The zero-order valence-corrected chi connectivity index (χ0v) is 12.9. The number of aromatic nitrogens is 1. The molecule has 3 rings (SSSR count). The molecule has 0 aliphatic carbocycles. The van der Waals surface area contributed by atoms with E-state index in [9.17, 15) is 0 Å². The van der Waals surface area contributed by atoms with Gasteiger partial charge < -0.3 is 15.4 Å². The van der Waals surface area contributed by atoms with E-state index in [1.165, 1.54) is 0 Å². The molecule has 0 amide bonds. The van der Waals surface area contributed by atoms with Crippen LogP contribution in [0.2, 0.25) is 0 Å². The zero-order chi connectivity index (χ0) is 15.4. The fraction of sp³-hybridized carbons (Fsp3) is 0.0588. The van der Waals surface area contributed by atoms with Crippen LogP contribution >= 0.6 is 12.2 Å². The standard InChI is InChI=1S/C17H15N3OS/c1-21-14-9-7-13(8-10-14)19-17(22)20-15-6-2-4-12-5-3-11-18-16(12)15/h2-11H,1H3,(H2,19,20,22). The fourth-order valence-electron chi connectivity index (χ4n) is 2.16. The van der Waals surface area contributed by atoms with Gasteiger partial charge in [-0.3, -0.25) is 4.98 Å². The molecule has 0 spiro atoms. The van der Waals surface area contributed by atoms with Crippen molar-refractivity contribution in [2.45, 2.75) is 0 Å². The van der Waals surface area contributed by atoms with Crippen molar-refractivity contribution in [2.75, 3.05) is 17.7 Å². The summed E-state index contributed by atoms with van der Waals surface area (Å²) in [5.74, 6) is 0.808. The molecule has 2 aromatic carbocycles. The van der Waals surface area contributed by atoms with Crippen LogP contribution in [-0.2, 0) is 0 Å². The lowest BCUT2D eigenvalue weighted by atomic mass is 10.2. The van der Waals surface area contributed by atoms with Crippen LogP contribution in [0.3, 0.4) is 0 Å². The Kier molecular flexibility index (Phi) is 4.16. The second-order valence-corrected chi connectivity index (χ2v) is 5.10. The maximum Gasteiger partial charge on any atom is 0.175 e. The first-order chi connectivity index (χ1) is 10.8. The third-order valence-corrected chi connectivity index (χ3v) is 3.43. The van der Waals surface area contributed by atoms with Gasteiger partial charge in [-0.15, -0.1) is 0 Å². The number of benzene rings is 2. The highest BCUT2D eigenvalue weighted by Crippen LogP contribution is 2.21. The smallest absolute Gasteiger partial charge is 0.175 e. The van der Waals surface area contributed by atoms with Crippen LogP contribution in [0, 0.1) is 0 Å². The van der Waals surface area contributed by atoms with E-state index in [0.29, 0.717) is 5.11 Å². The minimum Gasteiger partial charge on any atom is -0.497 e. The number of anilines is 2. The number of para-hydroxylation sites is 1. The van der Waals surface area contributed by atoms with Gasteiger partial charge in [0.25, 0.3) is 0 Å². The van der Waals surface area contributed by atoms with Crippen LogP contribution in [0.5, 0.6) is 5.75 Å². The van der Waals surface area contributed by atoms with Crippen molar-refractivity contribution in [1.29, 1.82) is 0 Å². The molecule has 3 aromatic rings. The number of pyridine rings is 1. The fourth-order valence-corrected chi connectivity index (χ4v) is 2.39. The van der Waals surface area contributed by atoms with Crippen molar-refractivity contribution >= 4 is 39.6 Å². The molecule has 0 bridgehead atoms. The lowest BCUT2D eigenvalue weighted by Gasteiger charge is -2.12. The number of ether oxygens (including phenoxy) is 1. The predicted molar refractivity (Wildman–Crippen MR) is 94.6 cm³/mol. The number of methoxy groups -OCH3 is 1. The summed E-state index contributed by atoms with van der Waals surface area (Å²) in [7, 11) is 1.64. The van der Waals surface area contributed by atoms with Gasteiger partial charge in [0, 0.05) is 17.3 Å². The van der Waals surface area contributed by atoms with Gasteiger partial charge in [0.05, 0.1) is 18.3 Å². The third-order valence-electron chi connectivity index (χ3n) is 3.23. The van der Waals surface area contributed by atoms with Gasteiger partial charge in [-0.2, -0.15) is 0 Å². The number of fused-ring (bicyclic) bond motifs is 1. The molecule has 4 nitrogen and oxygen atoms in total. The van der Waals surface area contributed by atoms with Crippen LogP contribution in [-0.4, -0.2) is 17.2 Å². The maximum atomic E-state index is 5.36. The second kappa shape index (κ2) is 6.41. The normalized spacial score (nSPS) is 10.2. The Morgan fingerprint density at radius 2 is 1.77 bits per heavy atom. The van der Waals surface area contributed by atoms with Gasteiger partial charge in [0.1, 0.15) is 5.75 Å². The molecule has 0 aliphatic heterocycles. The Balaban J connectivity index is 1.75. The van der Waals surface area contributed by atoms with Crippen LogP contribution < -0.4 is 15.4 Å². The lowest BCUT2D eigenvalue weighted by Crippen LogP contribution is -2.19. The van der Waals surface area contributed by atoms with E-state index >= 15 is 0 Å². The molecule has 0 saturated carbocycles. The molecule has 0 unspecified atom stereocenters. The number of nitrogens with zero attached hydrogens (tertiary/aromatic N) is 1. The summed E-state index contributed by atoms with van der Waals surface area (Å²) in [5.41, 5.74) is 2.67. The van der Waals surface area contributed by atoms with E-state index in [2.05, 4.69) is 15.6 Å². The minimum atomic E-state index is 0.517. The van der Waals surface area contributed by atoms with Gasteiger partial charge in [-0.25, -0.2) is 0 Å².